The summed E-state index contributed by atoms with van der Waals surface area (Å²) < 4.78 is 0. The fourth-order valence-electron chi connectivity index (χ4n) is 5.68. The highest BCUT2D eigenvalue weighted by Gasteiger charge is 2.35. The minimum absolute atomic E-state index is 0.0339. The van der Waals surface area contributed by atoms with Gasteiger partial charge in [-0.3, -0.25) is 24.0 Å². The van der Waals surface area contributed by atoms with Gasteiger partial charge in [-0.2, -0.15) is 0 Å². The van der Waals surface area contributed by atoms with Crippen LogP contribution in [0.4, 0.5) is 0 Å². The molecule has 0 bridgehead atoms. The quantitative estimate of drug-likeness (QED) is 0.157. The average molecular weight is 578 g/mol. The summed E-state index contributed by atoms with van der Waals surface area (Å²) in [7, 11) is 0. The number of carbonyl (C=O) groups is 5. The van der Waals surface area contributed by atoms with Gasteiger partial charge < -0.3 is 15.6 Å². The zero-order chi connectivity index (χ0) is 30.2. The van der Waals surface area contributed by atoms with Crippen LogP contribution in [-0.4, -0.2) is 40.2 Å². The topological polar surface area (TPSA) is 125 Å². The Morgan fingerprint density at radius 3 is 2.21 bits per heavy atom. The summed E-state index contributed by atoms with van der Waals surface area (Å²) in [6.45, 7) is 0.157. The first kappa shape index (κ1) is 29.6. The number of para-hydroxylation sites is 1. The fraction of sp³-hybridized carbons (Fsp3) is 0.286. The number of H-pyrrole nitrogens is 1. The van der Waals surface area contributed by atoms with E-state index in [1.165, 1.54) is 0 Å². The molecule has 0 radical (unpaired) electrons. The number of aromatic amines is 1. The van der Waals surface area contributed by atoms with Gasteiger partial charge in [-0.1, -0.05) is 78.9 Å². The van der Waals surface area contributed by atoms with Crippen molar-refractivity contribution in [2.75, 3.05) is 0 Å². The standard InChI is InChI=1S/C35H35N3O5/c39-31-17-9-15-26(31)20-30(33(41)35(43)36-22-24-12-5-2-6-13-24)38-34(42)27(18-23-10-3-1-4-11-23)21-32(40)29-19-25-14-7-8-16-28(25)37-29/h1-8,10-14,16,19,26-27,30,37H,9,15,17-18,20-22H2,(H,36,43)(H,38,42)/t26-,27+,30-/m0/s1. The molecule has 1 saturated carbocycles. The lowest BCUT2D eigenvalue weighted by Gasteiger charge is -2.23. The number of aromatic nitrogens is 1. The van der Waals surface area contributed by atoms with Crippen LogP contribution in [0.3, 0.4) is 0 Å². The van der Waals surface area contributed by atoms with Crippen LogP contribution in [0.25, 0.3) is 10.9 Å². The van der Waals surface area contributed by atoms with Crippen LogP contribution in [0.2, 0.25) is 0 Å². The largest absolute Gasteiger partial charge is 0.352 e. The molecule has 3 atom stereocenters. The molecule has 3 N–H and O–H groups in total. The molecule has 8 heteroatoms. The van der Waals surface area contributed by atoms with E-state index < -0.39 is 35.5 Å². The molecule has 220 valence electrons. The van der Waals surface area contributed by atoms with Gasteiger partial charge in [0.2, 0.25) is 11.7 Å². The monoisotopic (exact) mass is 577 g/mol. The lowest BCUT2D eigenvalue weighted by molar-refractivity contribution is -0.141. The predicted octanol–water partition coefficient (Wildman–Crippen LogP) is 4.73. The van der Waals surface area contributed by atoms with Crippen LogP contribution in [0.1, 0.15) is 53.7 Å². The predicted molar refractivity (Wildman–Crippen MR) is 163 cm³/mol. The Hall–Kier alpha value is -4.85. The molecular weight excluding hydrogens is 542 g/mol. The number of fused-ring (bicyclic) bond motifs is 1. The van der Waals surface area contributed by atoms with Gasteiger partial charge in [-0.25, -0.2) is 0 Å². The van der Waals surface area contributed by atoms with Crippen LogP contribution in [0.15, 0.2) is 91.0 Å². The Labute approximate surface area is 250 Å². The summed E-state index contributed by atoms with van der Waals surface area (Å²) in [6.07, 6.45) is 1.97. The van der Waals surface area contributed by atoms with Crippen molar-refractivity contribution in [3.8, 4) is 0 Å². The van der Waals surface area contributed by atoms with Crippen molar-refractivity contribution in [3.63, 3.8) is 0 Å². The number of ketones is 3. The molecule has 4 aromatic rings. The van der Waals surface area contributed by atoms with Crippen LogP contribution >= 0.6 is 0 Å². The summed E-state index contributed by atoms with van der Waals surface area (Å²) in [5.74, 6) is -3.54. The van der Waals surface area contributed by atoms with E-state index in [0.29, 0.717) is 25.0 Å². The molecule has 0 aliphatic heterocycles. The van der Waals surface area contributed by atoms with Crippen molar-refractivity contribution in [1.29, 1.82) is 0 Å². The minimum atomic E-state index is -1.18. The number of Topliss-reactive ketones (excluding diaryl/α,β-unsaturated/α-hetero) is 3. The smallest absolute Gasteiger partial charge is 0.289 e. The van der Waals surface area contributed by atoms with Gasteiger partial charge in [0.1, 0.15) is 5.78 Å². The van der Waals surface area contributed by atoms with E-state index in [-0.39, 0.29) is 37.4 Å². The Kier molecular flexibility index (Phi) is 9.56. The van der Waals surface area contributed by atoms with Crippen molar-refractivity contribution in [3.05, 3.63) is 108 Å². The van der Waals surface area contributed by atoms with E-state index in [9.17, 15) is 24.0 Å². The number of amides is 2. The molecule has 0 unspecified atom stereocenters. The number of hydrogen-bond donors (Lipinski definition) is 3. The van der Waals surface area contributed by atoms with Gasteiger partial charge in [-0.05, 0) is 48.9 Å². The second-order valence-electron chi connectivity index (χ2n) is 11.2. The van der Waals surface area contributed by atoms with Crippen molar-refractivity contribution in [2.24, 2.45) is 11.8 Å². The van der Waals surface area contributed by atoms with Gasteiger partial charge in [0.05, 0.1) is 11.7 Å². The van der Waals surface area contributed by atoms with Gasteiger partial charge >= 0.3 is 0 Å². The SMILES string of the molecule is O=C(NCc1ccccc1)C(=O)[C@H](C[C@@H]1CCCC1=O)NC(=O)[C@@H](CC(=O)c1cc2ccccc2[nH]1)Cc1ccccc1. The molecule has 1 aliphatic rings. The zero-order valence-corrected chi connectivity index (χ0v) is 23.9. The van der Waals surface area contributed by atoms with Crippen LogP contribution in [-0.2, 0) is 32.1 Å². The highest BCUT2D eigenvalue weighted by atomic mass is 16.2. The van der Waals surface area contributed by atoms with Crippen molar-refractivity contribution in [1.82, 2.24) is 15.6 Å². The first-order valence-corrected chi connectivity index (χ1v) is 14.7. The number of carbonyl (C=O) groups excluding carboxylic acids is 5. The maximum Gasteiger partial charge on any atom is 0.289 e. The molecule has 0 spiro atoms. The van der Waals surface area contributed by atoms with E-state index in [1.54, 1.807) is 6.07 Å². The number of nitrogens with one attached hydrogen (secondary N) is 3. The second-order valence-corrected chi connectivity index (χ2v) is 11.2. The molecule has 1 heterocycles. The number of benzene rings is 3. The molecule has 43 heavy (non-hydrogen) atoms. The summed E-state index contributed by atoms with van der Waals surface area (Å²) >= 11 is 0. The van der Waals surface area contributed by atoms with E-state index >= 15 is 0 Å². The molecule has 0 saturated heterocycles. The first-order chi connectivity index (χ1) is 20.9. The first-order valence-electron chi connectivity index (χ1n) is 14.7. The maximum atomic E-state index is 13.8. The molecule has 3 aromatic carbocycles. The summed E-state index contributed by atoms with van der Waals surface area (Å²) in [5.41, 5.74) is 2.91. The zero-order valence-electron chi connectivity index (χ0n) is 23.9. The highest BCUT2D eigenvalue weighted by Crippen LogP contribution is 2.26. The normalized spacial score (nSPS) is 16.0. The van der Waals surface area contributed by atoms with Crippen molar-refractivity contribution >= 4 is 40.1 Å². The minimum Gasteiger partial charge on any atom is -0.352 e. The Morgan fingerprint density at radius 2 is 1.53 bits per heavy atom. The summed E-state index contributed by atoms with van der Waals surface area (Å²) in [4.78, 5) is 69.2. The van der Waals surface area contributed by atoms with Crippen LogP contribution in [0.5, 0.6) is 0 Å². The summed E-state index contributed by atoms with van der Waals surface area (Å²) in [6, 6.07) is 26.7. The van der Waals surface area contributed by atoms with Gasteiger partial charge in [0.25, 0.3) is 5.91 Å². The van der Waals surface area contributed by atoms with E-state index in [0.717, 1.165) is 22.0 Å². The van der Waals surface area contributed by atoms with Crippen molar-refractivity contribution in [2.45, 2.75) is 51.1 Å². The molecule has 8 nitrogen and oxygen atoms in total. The fourth-order valence-corrected chi connectivity index (χ4v) is 5.68. The third-order valence-electron chi connectivity index (χ3n) is 8.06. The third-order valence-corrected chi connectivity index (χ3v) is 8.06. The maximum absolute atomic E-state index is 13.8. The molecule has 2 amide bonds. The van der Waals surface area contributed by atoms with E-state index in [4.69, 9.17) is 0 Å². The number of rotatable bonds is 13. The highest BCUT2D eigenvalue weighted by molar-refractivity contribution is 6.38. The third kappa shape index (κ3) is 7.71. The lowest BCUT2D eigenvalue weighted by Crippen LogP contribution is -2.50. The lowest BCUT2D eigenvalue weighted by atomic mass is 9.90. The Morgan fingerprint density at radius 1 is 0.860 bits per heavy atom. The second kappa shape index (κ2) is 13.9. The molecule has 1 fully saturated rings. The number of hydrogen-bond acceptors (Lipinski definition) is 5. The molecule has 5 rings (SSSR count). The van der Waals surface area contributed by atoms with Crippen molar-refractivity contribution < 1.29 is 24.0 Å². The van der Waals surface area contributed by atoms with E-state index in [1.807, 2.05) is 84.9 Å². The van der Waals surface area contributed by atoms with Crippen LogP contribution < -0.4 is 10.6 Å². The van der Waals surface area contributed by atoms with Crippen LogP contribution in [0, 0.1) is 11.8 Å². The Balaban J connectivity index is 1.34. The summed E-state index contributed by atoms with van der Waals surface area (Å²) in [5, 5.41) is 6.32. The van der Waals surface area contributed by atoms with Gasteiger partial charge in [0, 0.05) is 42.1 Å². The van der Waals surface area contributed by atoms with Gasteiger partial charge in [0.15, 0.2) is 5.78 Å². The average Bonchev–Trinajstić information content (AvgIpc) is 3.65. The van der Waals surface area contributed by atoms with Gasteiger partial charge in [-0.15, -0.1) is 0 Å². The molecule has 1 aliphatic carbocycles. The molecule has 1 aromatic heterocycles. The van der Waals surface area contributed by atoms with E-state index in [2.05, 4.69) is 15.6 Å². The molecular formula is C35H35N3O5. The Bertz CT molecular complexity index is 1580.